The lowest BCUT2D eigenvalue weighted by Crippen LogP contribution is -2.47. The van der Waals surface area contributed by atoms with Crippen molar-refractivity contribution in [2.75, 3.05) is 45.8 Å². The van der Waals surface area contributed by atoms with Crippen molar-refractivity contribution in [2.45, 2.75) is 114 Å². The van der Waals surface area contributed by atoms with Crippen LogP contribution in [0.15, 0.2) is 52.7 Å². The molecule has 0 aliphatic rings. The van der Waals surface area contributed by atoms with Crippen molar-refractivity contribution in [3.05, 3.63) is 53.6 Å². The average Bonchev–Trinajstić information content (AvgIpc) is 3.32. The highest BCUT2D eigenvalue weighted by Crippen LogP contribution is 2.29. The zero-order chi connectivity index (χ0) is 55.0. The Bertz CT molecular complexity index is 2230. The number of aliphatic carboxylic acids is 6. The molecule has 0 bridgehead atoms. The molecule has 3 atom stereocenters. The van der Waals surface area contributed by atoms with Crippen molar-refractivity contribution >= 4 is 77.1 Å². The fourth-order valence-electron chi connectivity index (χ4n) is 7.43. The number of unbranched alkanes of at least 4 members (excludes halogenated alkanes) is 5. The number of hydrogen-bond donors (Lipinski definition) is 11. The van der Waals surface area contributed by atoms with Crippen LogP contribution in [0.2, 0.25) is 0 Å². The molecule has 0 fully saturated rings. The van der Waals surface area contributed by atoms with Crippen LogP contribution in [-0.4, -0.2) is 175 Å². The van der Waals surface area contributed by atoms with Gasteiger partial charge in [0, 0.05) is 44.5 Å². The zero-order valence-corrected chi connectivity index (χ0v) is 40.8. The van der Waals surface area contributed by atoms with E-state index in [9.17, 15) is 68.1 Å². The smallest absolute Gasteiger partial charge is 0.320 e. The number of nitrogens with one attached hydrogen (secondary N) is 4. The standard InChI is InChI=1S/C48H66N8O18/c57-30-32-12-16-33(17-13-32)53-54-35-25-31(14-19-38(35)58)15-20-39(59)49-22-6-2-1-3-11-41(61)52-34(46(70)51-24-8-5-10-37(48(73)74)56(28-44(66)67)29-45(68)69)18-21-40(60)50-23-7-4-9-36(47(71)72)55(26-42(62)63)27-43(64)65/h12-14,16-17,19,25,30,34,36-37,58H,1-11,15,18,20-24,26-29H2,(H,49,59)(H,50,60)(H,51,70)(H,52,61)(H,62,63)(H,64,65)(H,66,67)(H,68,69)(H,71,72)(H,73,74)/b54-53+. The number of hydrogen-bond acceptors (Lipinski definition) is 16. The minimum atomic E-state index is -1.44. The topological polar surface area (TPSA) is 409 Å². The van der Waals surface area contributed by atoms with Gasteiger partial charge in [-0.15, -0.1) is 5.11 Å². The summed E-state index contributed by atoms with van der Waals surface area (Å²) in [5.74, 6) is -10.4. The van der Waals surface area contributed by atoms with Crippen LogP contribution in [0.5, 0.6) is 5.75 Å². The summed E-state index contributed by atoms with van der Waals surface area (Å²) in [5, 5.41) is 84.9. The molecule has 0 saturated carbocycles. The molecule has 11 N–H and O–H groups in total. The first kappa shape index (κ1) is 62.2. The fraction of sp³-hybridized carbons (Fsp3) is 0.521. The van der Waals surface area contributed by atoms with Gasteiger partial charge in [-0.05, 0) is 106 Å². The van der Waals surface area contributed by atoms with E-state index < -0.39 is 97.8 Å². The number of aryl methyl sites for hydroxylation is 1. The highest BCUT2D eigenvalue weighted by Gasteiger charge is 2.30. The van der Waals surface area contributed by atoms with Crippen LogP contribution in [0.25, 0.3) is 0 Å². The van der Waals surface area contributed by atoms with Crippen molar-refractivity contribution in [3.63, 3.8) is 0 Å². The van der Waals surface area contributed by atoms with Gasteiger partial charge in [0.2, 0.25) is 23.6 Å². The Morgan fingerprint density at radius 2 is 1.01 bits per heavy atom. The van der Waals surface area contributed by atoms with Crippen LogP contribution >= 0.6 is 0 Å². The number of rotatable bonds is 40. The van der Waals surface area contributed by atoms with E-state index in [1.807, 2.05) is 0 Å². The molecule has 74 heavy (non-hydrogen) atoms. The van der Waals surface area contributed by atoms with Crippen LogP contribution in [0.3, 0.4) is 0 Å². The maximum Gasteiger partial charge on any atom is 0.320 e. The zero-order valence-electron chi connectivity index (χ0n) is 40.8. The number of nitrogens with zero attached hydrogens (tertiary/aromatic N) is 4. The van der Waals surface area contributed by atoms with Crippen LogP contribution in [0.1, 0.15) is 106 Å². The first-order valence-electron chi connectivity index (χ1n) is 23.9. The second-order valence-corrected chi connectivity index (χ2v) is 17.1. The van der Waals surface area contributed by atoms with Crippen molar-refractivity contribution in [1.82, 2.24) is 31.1 Å². The second-order valence-electron chi connectivity index (χ2n) is 17.1. The molecule has 4 amide bonds. The Morgan fingerprint density at radius 1 is 0.527 bits per heavy atom. The van der Waals surface area contributed by atoms with Gasteiger partial charge < -0.3 is 57.0 Å². The quantitative estimate of drug-likeness (QED) is 0.0259. The van der Waals surface area contributed by atoms with Crippen molar-refractivity contribution in [1.29, 1.82) is 0 Å². The van der Waals surface area contributed by atoms with E-state index in [0.29, 0.717) is 56.2 Å². The van der Waals surface area contributed by atoms with E-state index in [4.69, 9.17) is 20.4 Å². The molecule has 26 heteroatoms. The van der Waals surface area contributed by atoms with E-state index in [1.54, 1.807) is 36.4 Å². The van der Waals surface area contributed by atoms with Gasteiger partial charge in [0.25, 0.3) is 0 Å². The molecular weight excluding hydrogens is 977 g/mol. The van der Waals surface area contributed by atoms with Gasteiger partial charge in [-0.25, -0.2) is 0 Å². The van der Waals surface area contributed by atoms with Gasteiger partial charge in [0.15, 0.2) is 0 Å². The number of carboxylic acid groups (broad SMARTS) is 6. The lowest BCUT2D eigenvalue weighted by Gasteiger charge is -2.25. The third-order valence-corrected chi connectivity index (χ3v) is 11.2. The molecule has 0 radical (unpaired) electrons. The van der Waals surface area contributed by atoms with Crippen molar-refractivity contribution in [3.8, 4) is 5.75 Å². The normalized spacial score (nSPS) is 12.4. The van der Waals surface area contributed by atoms with Crippen LogP contribution in [0.4, 0.5) is 11.4 Å². The van der Waals surface area contributed by atoms with Crippen molar-refractivity contribution < 1.29 is 88.5 Å². The molecule has 2 aromatic rings. The van der Waals surface area contributed by atoms with Gasteiger partial charge >= 0.3 is 35.8 Å². The number of phenolic OH excluding ortho intramolecular Hbond substituents is 1. The molecule has 406 valence electrons. The third kappa shape index (κ3) is 26.5. The third-order valence-electron chi connectivity index (χ3n) is 11.2. The number of aldehydes is 1. The number of amides is 4. The number of carboxylic acids is 6. The second kappa shape index (κ2) is 34.5. The Labute approximate surface area is 425 Å². The van der Waals surface area contributed by atoms with Gasteiger partial charge in [-0.3, -0.25) is 62.5 Å². The summed E-state index contributed by atoms with van der Waals surface area (Å²) in [6.45, 7) is -2.85. The molecule has 0 aliphatic carbocycles. The Kier molecular flexibility index (Phi) is 29.0. The molecule has 0 aliphatic heterocycles. The first-order chi connectivity index (χ1) is 35.2. The summed E-state index contributed by atoms with van der Waals surface area (Å²) in [6.07, 6.45) is 3.67. The highest BCUT2D eigenvalue weighted by atomic mass is 16.4. The van der Waals surface area contributed by atoms with E-state index in [2.05, 4.69) is 31.5 Å². The van der Waals surface area contributed by atoms with Crippen LogP contribution in [-0.2, 0) is 54.4 Å². The minimum Gasteiger partial charge on any atom is -0.506 e. The van der Waals surface area contributed by atoms with Gasteiger partial charge in [-0.2, -0.15) is 5.11 Å². The van der Waals surface area contributed by atoms with E-state index in [-0.39, 0.29) is 94.6 Å². The van der Waals surface area contributed by atoms with E-state index in [1.165, 1.54) is 6.07 Å². The molecule has 0 heterocycles. The molecular formula is C48H66N8O18. The van der Waals surface area contributed by atoms with E-state index >= 15 is 0 Å². The maximum absolute atomic E-state index is 13.3. The number of azo groups is 1. The van der Waals surface area contributed by atoms with Gasteiger partial charge in [0.05, 0.1) is 31.9 Å². The Morgan fingerprint density at radius 3 is 1.51 bits per heavy atom. The summed E-state index contributed by atoms with van der Waals surface area (Å²) in [6, 6.07) is 7.11. The van der Waals surface area contributed by atoms with E-state index in [0.717, 1.165) is 15.4 Å². The molecule has 0 aromatic heterocycles. The number of carbonyl (C=O) groups is 11. The fourth-order valence-corrected chi connectivity index (χ4v) is 7.43. The summed E-state index contributed by atoms with van der Waals surface area (Å²) in [7, 11) is 0. The van der Waals surface area contributed by atoms with Crippen LogP contribution in [0, 0.1) is 0 Å². The lowest BCUT2D eigenvalue weighted by atomic mass is 10.1. The summed E-state index contributed by atoms with van der Waals surface area (Å²) in [4.78, 5) is 133. The Balaban J connectivity index is 1.89. The van der Waals surface area contributed by atoms with Gasteiger partial charge in [-0.1, -0.05) is 18.9 Å². The molecule has 0 saturated heterocycles. The SMILES string of the molecule is O=Cc1ccc(/N=N/c2cc(CCC(=O)NCCCCCCC(=O)NC(CCC(=O)NCCCCC(C(=O)O)N(CC(=O)O)CC(=O)O)C(=O)NCCCCC(C(=O)O)N(CC(=O)O)CC(=O)O)ccc2O)cc1. The molecule has 2 rings (SSSR count). The molecule has 0 spiro atoms. The summed E-state index contributed by atoms with van der Waals surface area (Å²) < 4.78 is 0. The number of carbonyl (C=O) groups excluding carboxylic acids is 5. The maximum atomic E-state index is 13.3. The largest absolute Gasteiger partial charge is 0.506 e. The molecule has 26 nitrogen and oxygen atoms in total. The predicted molar refractivity (Wildman–Crippen MR) is 260 cm³/mol. The predicted octanol–water partition coefficient (Wildman–Crippen LogP) is 2.31. The highest BCUT2D eigenvalue weighted by molar-refractivity contribution is 5.88. The Hall–Kier alpha value is -7.87. The lowest BCUT2D eigenvalue weighted by molar-refractivity contribution is -0.152. The van der Waals surface area contributed by atoms with Crippen molar-refractivity contribution in [2.24, 2.45) is 10.2 Å². The summed E-state index contributed by atoms with van der Waals surface area (Å²) >= 11 is 0. The first-order valence-corrected chi connectivity index (χ1v) is 23.9. The summed E-state index contributed by atoms with van der Waals surface area (Å²) in [5.41, 5.74) is 1.92. The molecule has 2 aromatic carbocycles. The monoisotopic (exact) mass is 1040 g/mol. The number of phenols is 1. The minimum absolute atomic E-state index is 0.0161. The van der Waals surface area contributed by atoms with Gasteiger partial charge in [0.1, 0.15) is 35.8 Å². The number of aromatic hydroxyl groups is 1. The van der Waals surface area contributed by atoms with Crippen LogP contribution < -0.4 is 21.3 Å². The average molecular weight is 1040 g/mol. The molecule has 3 unspecified atom stereocenters. The number of benzene rings is 2.